The van der Waals surface area contributed by atoms with Crippen molar-refractivity contribution in [3.8, 4) is 0 Å². The third-order valence-electron chi connectivity index (χ3n) is 5.19. The summed E-state index contributed by atoms with van der Waals surface area (Å²) in [4.78, 5) is 2.58. The van der Waals surface area contributed by atoms with Crippen molar-refractivity contribution in [3.63, 3.8) is 0 Å². The van der Waals surface area contributed by atoms with Gasteiger partial charge in [0.05, 0.1) is 12.3 Å². The van der Waals surface area contributed by atoms with Crippen LogP contribution in [0.4, 0.5) is 0 Å². The second-order valence-electron chi connectivity index (χ2n) is 6.52. The Balaban J connectivity index is 1.58. The molecule has 2 unspecified atom stereocenters. The zero-order valence-electron chi connectivity index (χ0n) is 12.7. The highest BCUT2D eigenvalue weighted by molar-refractivity contribution is 5.06. The predicted octanol–water partition coefficient (Wildman–Crippen LogP) is 3.58. The van der Waals surface area contributed by atoms with Crippen LogP contribution < -0.4 is 5.32 Å². The van der Waals surface area contributed by atoms with Gasteiger partial charge < -0.3 is 9.73 Å². The number of hydrogen-bond donors (Lipinski definition) is 1. The lowest BCUT2D eigenvalue weighted by Crippen LogP contribution is -2.40. The highest BCUT2D eigenvalue weighted by Gasteiger charge is 2.27. The Kier molecular flexibility index (Phi) is 4.79. The van der Waals surface area contributed by atoms with Gasteiger partial charge in [-0.3, -0.25) is 4.90 Å². The van der Waals surface area contributed by atoms with Gasteiger partial charge in [-0.05, 0) is 63.7 Å². The fourth-order valence-corrected chi connectivity index (χ4v) is 3.87. The van der Waals surface area contributed by atoms with Crippen molar-refractivity contribution in [2.45, 2.75) is 57.5 Å². The molecule has 2 aliphatic rings. The highest BCUT2D eigenvalue weighted by Crippen LogP contribution is 2.29. The van der Waals surface area contributed by atoms with Gasteiger partial charge in [0.25, 0.3) is 0 Å². The lowest BCUT2D eigenvalue weighted by atomic mass is 9.99. The Morgan fingerprint density at radius 2 is 2.00 bits per heavy atom. The SMILES string of the molecule is CC(NCC(c1ccco1)N1CCCC1)C1CCCC1. The van der Waals surface area contributed by atoms with Crippen molar-refractivity contribution in [2.75, 3.05) is 19.6 Å². The maximum absolute atomic E-state index is 5.68. The quantitative estimate of drug-likeness (QED) is 0.861. The van der Waals surface area contributed by atoms with E-state index in [0.717, 1.165) is 18.2 Å². The molecule has 3 heteroatoms. The van der Waals surface area contributed by atoms with E-state index in [2.05, 4.69) is 23.2 Å². The minimum Gasteiger partial charge on any atom is -0.468 e. The van der Waals surface area contributed by atoms with Crippen molar-refractivity contribution in [1.82, 2.24) is 10.2 Å². The van der Waals surface area contributed by atoms with Crippen molar-refractivity contribution >= 4 is 0 Å². The van der Waals surface area contributed by atoms with Crippen molar-refractivity contribution in [3.05, 3.63) is 24.2 Å². The van der Waals surface area contributed by atoms with E-state index < -0.39 is 0 Å². The minimum absolute atomic E-state index is 0.413. The molecule has 1 aliphatic carbocycles. The van der Waals surface area contributed by atoms with Crippen LogP contribution in [-0.2, 0) is 0 Å². The van der Waals surface area contributed by atoms with Crippen LogP contribution in [0.1, 0.15) is 57.3 Å². The van der Waals surface area contributed by atoms with Crippen LogP contribution in [-0.4, -0.2) is 30.6 Å². The molecule has 1 saturated carbocycles. The van der Waals surface area contributed by atoms with E-state index in [4.69, 9.17) is 4.42 Å². The maximum atomic E-state index is 5.68. The summed E-state index contributed by atoms with van der Waals surface area (Å²) in [5.41, 5.74) is 0. The Morgan fingerprint density at radius 1 is 1.25 bits per heavy atom. The molecule has 112 valence electrons. The zero-order valence-corrected chi connectivity index (χ0v) is 12.7. The van der Waals surface area contributed by atoms with Crippen molar-refractivity contribution < 1.29 is 4.42 Å². The molecule has 3 rings (SSSR count). The summed E-state index contributed by atoms with van der Waals surface area (Å²) in [6.45, 7) is 5.81. The Morgan fingerprint density at radius 3 is 2.65 bits per heavy atom. The first-order chi connectivity index (χ1) is 9.84. The van der Waals surface area contributed by atoms with Gasteiger partial charge in [0.1, 0.15) is 5.76 Å². The normalized spacial score (nSPS) is 24.2. The first-order valence-electron chi connectivity index (χ1n) is 8.35. The van der Waals surface area contributed by atoms with Crippen LogP contribution in [0.25, 0.3) is 0 Å². The molecule has 0 aromatic carbocycles. The van der Waals surface area contributed by atoms with Gasteiger partial charge in [0.15, 0.2) is 0 Å². The summed E-state index contributed by atoms with van der Waals surface area (Å²) in [6, 6.07) is 5.19. The van der Waals surface area contributed by atoms with E-state index in [1.165, 1.54) is 51.6 Å². The van der Waals surface area contributed by atoms with Gasteiger partial charge in [-0.2, -0.15) is 0 Å². The lowest BCUT2D eigenvalue weighted by Gasteiger charge is -2.29. The van der Waals surface area contributed by atoms with Crippen LogP contribution in [0.15, 0.2) is 22.8 Å². The summed E-state index contributed by atoms with van der Waals surface area (Å²) in [6.07, 6.45) is 10.1. The van der Waals surface area contributed by atoms with Gasteiger partial charge in [0, 0.05) is 12.6 Å². The molecule has 20 heavy (non-hydrogen) atoms. The number of nitrogens with zero attached hydrogens (tertiary/aromatic N) is 1. The van der Waals surface area contributed by atoms with Gasteiger partial charge >= 0.3 is 0 Å². The molecule has 2 atom stereocenters. The Bertz CT molecular complexity index is 378. The molecule has 1 aliphatic heterocycles. The van der Waals surface area contributed by atoms with Gasteiger partial charge in [-0.15, -0.1) is 0 Å². The summed E-state index contributed by atoms with van der Waals surface area (Å²) >= 11 is 0. The van der Waals surface area contributed by atoms with Crippen molar-refractivity contribution in [1.29, 1.82) is 0 Å². The average Bonchev–Trinajstić information content (AvgIpc) is 3.22. The number of nitrogens with one attached hydrogen (secondary N) is 1. The number of likely N-dealkylation sites (tertiary alicyclic amines) is 1. The average molecular weight is 276 g/mol. The zero-order chi connectivity index (χ0) is 13.8. The molecular weight excluding hydrogens is 248 g/mol. The summed E-state index contributed by atoms with van der Waals surface area (Å²) in [5, 5.41) is 3.79. The van der Waals surface area contributed by atoms with Crippen LogP contribution in [0.5, 0.6) is 0 Å². The second-order valence-corrected chi connectivity index (χ2v) is 6.52. The first kappa shape index (κ1) is 14.2. The molecule has 1 saturated heterocycles. The molecule has 0 radical (unpaired) electrons. The third kappa shape index (κ3) is 3.26. The smallest absolute Gasteiger partial charge is 0.122 e. The monoisotopic (exact) mass is 276 g/mol. The molecule has 1 aromatic heterocycles. The van der Waals surface area contributed by atoms with Crippen LogP contribution in [0, 0.1) is 5.92 Å². The van der Waals surface area contributed by atoms with Crippen LogP contribution >= 0.6 is 0 Å². The van der Waals surface area contributed by atoms with E-state index in [1.54, 1.807) is 6.26 Å². The van der Waals surface area contributed by atoms with Crippen molar-refractivity contribution in [2.24, 2.45) is 5.92 Å². The fourth-order valence-electron chi connectivity index (χ4n) is 3.87. The Hall–Kier alpha value is -0.800. The number of rotatable bonds is 6. The standard InChI is InChI=1S/C17H28N2O/c1-14(15-7-2-3-8-15)18-13-16(17-9-6-12-20-17)19-10-4-5-11-19/h6,9,12,14-16,18H,2-5,7-8,10-11,13H2,1H3. The second kappa shape index (κ2) is 6.77. The van der Waals surface area contributed by atoms with Crippen LogP contribution in [0.2, 0.25) is 0 Å². The Labute approximate surface area is 122 Å². The summed E-state index contributed by atoms with van der Waals surface area (Å²) in [5.74, 6) is 2.00. The molecule has 1 N–H and O–H groups in total. The largest absolute Gasteiger partial charge is 0.468 e. The van der Waals surface area contributed by atoms with E-state index in [0.29, 0.717) is 12.1 Å². The molecule has 3 nitrogen and oxygen atoms in total. The predicted molar refractivity (Wildman–Crippen MR) is 81.7 cm³/mol. The molecule has 0 spiro atoms. The molecular formula is C17H28N2O. The molecule has 0 amide bonds. The lowest BCUT2D eigenvalue weighted by molar-refractivity contribution is 0.199. The third-order valence-corrected chi connectivity index (χ3v) is 5.19. The van der Waals surface area contributed by atoms with E-state index >= 15 is 0 Å². The van der Waals surface area contributed by atoms with E-state index in [9.17, 15) is 0 Å². The van der Waals surface area contributed by atoms with Gasteiger partial charge in [0.2, 0.25) is 0 Å². The minimum atomic E-state index is 0.413. The molecule has 1 aromatic rings. The maximum Gasteiger partial charge on any atom is 0.122 e. The van der Waals surface area contributed by atoms with Gasteiger partial charge in [-0.25, -0.2) is 0 Å². The molecule has 2 heterocycles. The van der Waals surface area contributed by atoms with Gasteiger partial charge in [-0.1, -0.05) is 12.8 Å². The molecule has 2 fully saturated rings. The highest BCUT2D eigenvalue weighted by atomic mass is 16.3. The number of furan rings is 1. The fraction of sp³-hybridized carbons (Fsp3) is 0.765. The van der Waals surface area contributed by atoms with E-state index in [-0.39, 0.29) is 0 Å². The summed E-state index contributed by atoms with van der Waals surface area (Å²) < 4.78 is 5.68. The first-order valence-corrected chi connectivity index (χ1v) is 8.35. The number of hydrogen-bond acceptors (Lipinski definition) is 3. The molecule has 0 bridgehead atoms. The van der Waals surface area contributed by atoms with Crippen LogP contribution in [0.3, 0.4) is 0 Å². The van der Waals surface area contributed by atoms with E-state index in [1.807, 2.05) is 6.07 Å². The summed E-state index contributed by atoms with van der Waals surface area (Å²) in [7, 11) is 0. The topological polar surface area (TPSA) is 28.4 Å².